The van der Waals surface area contributed by atoms with Crippen molar-refractivity contribution in [3.63, 3.8) is 0 Å². The Bertz CT molecular complexity index is 275. The van der Waals surface area contributed by atoms with Crippen molar-refractivity contribution in [2.75, 3.05) is 6.61 Å². The van der Waals surface area contributed by atoms with Crippen molar-refractivity contribution in [2.45, 2.75) is 46.1 Å². The Balaban J connectivity index is 2.51. The predicted octanol–water partition coefficient (Wildman–Crippen LogP) is 2.97. The zero-order valence-corrected chi connectivity index (χ0v) is 10.4. The fraction of sp³-hybridized carbons (Fsp3) is 0.727. The van der Waals surface area contributed by atoms with Crippen molar-refractivity contribution in [2.24, 2.45) is 0 Å². The Hall–Kier alpha value is -0.570. The van der Waals surface area contributed by atoms with Crippen molar-refractivity contribution in [1.29, 1.82) is 0 Å². The second-order valence-corrected chi connectivity index (χ2v) is 5.30. The van der Waals surface area contributed by atoms with Crippen LogP contribution in [0, 0.1) is 0 Å². The summed E-state index contributed by atoms with van der Waals surface area (Å²) in [4.78, 5) is 0. The number of hydrogen-bond donors (Lipinski definition) is 0. The SMILES string of the molecule is CCCCOc1c[n+](C(C)(C)C)cs1. The van der Waals surface area contributed by atoms with Crippen molar-refractivity contribution in [3.8, 4) is 5.06 Å². The van der Waals surface area contributed by atoms with E-state index in [1.165, 1.54) is 6.42 Å². The summed E-state index contributed by atoms with van der Waals surface area (Å²) in [5, 5.41) is 1.02. The number of aromatic nitrogens is 1. The summed E-state index contributed by atoms with van der Waals surface area (Å²) in [5.41, 5.74) is 2.27. The van der Waals surface area contributed by atoms with Gasteiger partial charge in [0.25, 0.3) is 0 Å². The molecule has 0 N–H and O–H groups in total. The molecule has 0 aliphatic rings. The van der Waals surface area contributed by atoms with Gasteiger partial charge < -0.3 is 4.74 Å². The highest BCUT2D eigenvalue weighted by Crippen LogP contribution is 2.18. The van der Waals surface area contributed by atoms with Gasteiger partial charge in [-0.2, -0.15) is 4.57 Å². The largest absolute Gasteiger partial charge is 0.480 e. The fourth-order valence-electron chi connectivity index (χ4n) is 1.02. The minimum Gasteiger partial charge on any atom is -0.480 e. The number of rotatable bonds is 4. The molecule has 0 atom stereocenters. The molecular weight excluding hydrogens is 194 g/mol. The van der Waals surface area contributed by atoms with Crippen molar-refractivity contribution >= 4 is 11.3 Å². The van der Waals surface area contributed by atoms with E-state index in [4.69, 9.17) is 4.74 Å². The maximum atomic E-state index is 5.62. The topological polar surface area (TPSA) is 13.1 Å². The molecule has 0 saturated heterocycles. The van der Waals surface area contributed by atoms with Crippen LogP contribution in [0.4, 0.5) is 0 Å². The molecule has 0 aliphatic carbocycles. The Morgan fingerprint density at radius 1 is 1.43 bits per heavy atom. The van der Waals surface area contributed by atoms with Crippen LogP contribution in [0.5, 0.6) is 5.06 Å². The molecule has 1 aromatic heterocycles. The first-order chi connectivity index (χ1) is 6.54. The predicted molar refractivity (Wildman–Crippen MR) is 59.9 cm³/mol. The third kappa shape index (κ3) is 3.29. The first-order valence-corrected chi connectivity index (χ1v) is 6.05. The van der Waals surface area contributed by atoms with Crippen molar-refractivity contribution in [3.05, 3.63) is 11.7 Å². The standard InChI is InChI=1S/C11H20NOS/c1-5-6-7-13-10-8-12(9-14-10)11(2,3)4/h8-9H,5-7H2,1-4H3/q+1. The van der Waals surface area contributed by atoms with E-state index in [-0.39, 0.29) is 5.54 Å². The summed E-state index contributed by atoms with van der Waals surface area (Å²) in [6, 6.07) is 0. The summed E-state index contributed by atoms with van der Waals surface area (Å²) < 4.78 is 7.81. The average Bonchev–Trinajstić information content (AvgIpc) is 2.52. The van der Waals surface area contributed by atoms with Gasteiger partial charge in [-0.3, -0.25) is 0 Å². The lowest BCUT2D eigenvalue weighted by molar-refractivity contribution is -0.750. The highest BCUT2D eigenvalue weighted by Gasteiger charge is 2.23. The second kappa shape index (κ2) is 4.78. The molecule has 1 heterocycles. The minimum absolute atomic E-state index is 0.156. The first kappa shape index (κ1) is 11.5. The lowest BCUT2D eigenvalue weighted by atomic mass is 10.1. The van der Waals surface area contributed by atoms with Crippen LogP contribution in [-0.2, 0) is 5.54 Å². The van der Waals surface area contributed by atoms with Crippen LogP contribution < -0.4 is 9.30 Å². The summed E-state index contributed by atoms with van der Waals surface area (Å²) in [7, 11) is 0. The summed E-state index contributed by atoms with van der Waals surface area (Å²) in [6.45, 7) is 9.58. The van der Waals surface area contributed by atoms with Crippen LogP contribution in [0.3, 0.4) is 0 Å². The van der Waals surface area contributed by atoms with Gasteiger partial charge in [0.05, 0.1) is 6.61 Å². The number of unbranched alkanes of at least 4 members (excludes halogenated alkanes) is 1. The minimum atomic E-state index is 0.156. The number of thiazole rings is 1. The number of nitrogens with zero attached hydrogens (tertiary/aromatic N) is 1. The lowest BCUT2D eigenvalue weighted by Crippen LogP contribution is -2.47. The van der Waals surface area contributed by atoms with Crippen LogP contribution in [-0.4, -0.2) is 6.61 Å². The lowest BCUT2D eigenvalue weighted by Gasteiger charge is -2.09. The Labute approximate surface area is 90.5 Å². The molecule has 2 nitrogen and oxygen atoms in total. The van der Waals surface area contributed by atoms with Gasteiger partial charge in [0.15, 0.2) is 5.54 Å². The van der Waals surface area contributed by atoms with Crippen LogP contribution in [0.25, 0.3) is 0 Å². The Morgan fingerprint density at radius 2 is 2.14 bits per heavy atom. The molecule has 0 amide bonds. The van der Waals surface area contributed by atoms with Crippen LogP contribution in [0.1, 0.15) is 40.5 Å². The normalized spacial score (nSPS) is 11.7. The third-order valence-electron chi connectivity index (χ3n) is 2.04. The summed E-state index contributed by atoms with van der Waals surface area (Å²) in [6.07, 6.45) is 4.40. The van der Waals surface area contributed by atoms with Gasteiger partial charge >= 0.3 is 0 Å². The van der Waals surface area contributed by atoms with Gasteiger partial charge in [-0.05, 0) is 17.8 Å². The fourth-order valence-corrected chi connectivity index (χ4v) is 1.94. The number of hydrogen-bond acceptors (Lipinski definition) is 2. The molecule has 0 spiro atoms. The highest BCUT2D eigenvalue weighted by molar-refractivity contribution is 7.11. The van der Waals surface area contributed by atoms with Crippen molar-refractivity contribution < 1.29 is 9.30 Å². The smallest absolute Gasteiger partial charge is 0.244 e. The van der Waals surface area contributed by atoms with Gasteiger partial charge in [0.2, 0.25) is 16.8 Å². The van der Waals surface area contributed by atoms with Gasteiger partial charge in [-0.15, -0.1) is 0 Å². The Kier molecular flexibility index (Phi) is 3.93. The zero-order chi connectivity index (χ0) is 10.6. The van der Waals surface area contributed by atoms with Gasteiger partial charge in [0.1, 0.15) is 0 Å². The highest BCUT2D eigenvalue weighted by atomic mass is 32.1. The molecule has 0 bridgehead atoms. The van der Waals surface area contributed by atoms with Crippen LogP contribution in [0.2, 0.25) is 0 Å². The molecule has 0 radical (unpaired) electrons. The summed E-state index contributed by atoms with van der Waals surface area (Å²) >= 11 is 1.67. The molecule has 80 valence electrons. The van der Waals surface area contributed by atoms with E-state index in [9.17, 15) is 0 Å². The van der Waals surface area contributed by atoms with Crippen molar-refractivity contribution in [1.82, 2.24) is 0 Å². The van der Waals surface area contributed by atoms with Gasteiger partial charge in [-0.1, -0.05) is 13.3 Å². The zero-order valence-electron chi connectivity index (χ0n) is 9.54. The first-order valence-electron chi connectivity index (χ1n) is 5.17. The van der Waals surface area contributed by atoms with E-state index in [1.807, 2.05) is 0 Å². The van der Waals surface area contributed by atoms with E-state index < -0.39 is 0 Å². The van der Waals surface area contributed by atoms with Gasteiger partial charge in [0, 0.05) is 20.8 Å². The monoisotopic (exact) mass is 214 g/mol. The van der Waals surface area contributed by atoms with E-state index in [2.05, 4.69) is 44.0 Å². The van der Waals surface area contributed by atoms with Gasteiger partial charge in [-0.25, -0.2) is 0 Å². The van der Waals surface area contributed by atoms with Crippen LogP contribution >= 0.6 is 11.3 Å². The molecule has 0 aromatic carbocycles. The third-order valence-corrected chi connectivity index (χ3v) is 2.83. The van der Waals surface area contributed by atoms with E-state index >= 15 is 0 Å². The second-order valence-electron chi connectivity index (χ2n) is 4.45. The molecule has 3 heteroatoms. The summed E-state index contributed by atoms with van der Waals surface area (Å²) in [5.74, 6) is 0. The van der Waals surface area contributed by atoms with E-state index in [0.29, 0.717) is 0 Å². The molecule has 0 fully saturated rings. The quantitative estimate of drug-likeness (QED) is 0.555. The molecule has 1 rings (SSSR count). The molecular formula is C11H20NOS+. The molecule has 14 heavy (non-hydrogen) atoms. The maximum absolute atomic E-state index is 5.62. The molecule has 0 aliphatic heterocycles. The number of ether oxygens (including phenoxy) is 1. The van der Waals surface area contributed by atoms with E-state index in [0.717, 1.165) is 18.1 Å². The maximum Gasteiger partial charge on any atom is 0.244 e. The average molecular weight is 214 g/mol. The molecule has 0 unspecified atom stereocenters. The van der Waals surface area contributed by atoms with Crippen LogP contribution in [0.15, 0.2) is 11.7 Å². The molecule has 0 saturated carbocycles. The Morgan fingerprint density at radius 3 is 2.64 bits per heavy atom. The molecule has 1 aromatic rings. The van der Waals surface area contributed by atoms with E-state index in [1.54, 1.807) is 11.3 Å².